The molecule has 3 aromatic rings. The summed E-state index contributed by atoms with van der Waals surface area (Å²) in [6.07, 6.45) is 4.69. The molecule has 1 atom stereocenters. The van der Waals surface area contributed by atoms with Gasteiger partial charge in [0.15, 0.2) is 5.96 Å². The van der Waals surface area contributed by atoms with Crippen LogP contribution >= 0.6 is 24.0 Å². The molecule has 0 aliphatic heterocycles. The fourth-order valence-electron chi connectivity index (χ4n) is 3.60. The summed E-state index contributed by atoms with van der Waals surface area (Å²) < 4.78 is 3.88. The molecule has 0 saturated carbocycles. The Kier molecular flexibility index (Phi) is 9.54. The fraction of sp³-hybridized carbons (Fsp3) is 0.435. The van der Waals surface area contributed by atoms with Crippen LogP contribution in [0.3, 0.4) is 0 Å². The Balaban J connectivity index is 0.00000341. The van der Waals surface area contributed by atoms with Crippen molar-refractivity contribution in [2.75, 3.05) is 6.54 Å². The molecule has 1 aromatic carbocycles. The number of rotatable bonds is 8. The Bertz CT molecular complexity index is 976. The van der Waals surface area contributed by atoms with Crippen LogP contribution in [-0.2, 0) is 26.6 Å². The number of aliphatic imine (C=N–C) groups is 1. The fourth-order valence-corrected chi connectivity index (χ4v) is 3.60. The number of nitrogens with one attached hydrogen (secondary N) is 2. The summed E-state index contributed by atoms with van der Waals surface area (Å²) in [4.78, 5) is 4.80. The van der Waals surface area contributed by atoms with Gasteiger partial charge in [-0.15, -0.1) is 24.0 Å². The normalized spacial score (nSPS) is 12.4. The van der Waals surface area contributed by atoms with Gasteiger partial charge in [0.25, 0.3) is 0 Å². The predicted octanol–water partition coefficient (Wildman–Crippen LogP) is 3.59. The Hall–Kier alpha value is -2.36. The van der Waals surface area contributed by atoms with E-state index in [9.17, 15) is 0 Å². The SMILES string of the molecule is CCNC(=NCc1cccc(Cn2cccn2)c1)NC(C)Cc1c(C)nn(C)c1C.I. The first-order valence-corrected chi connectivity index (χ1v) is 10.6. The number of aryl methyl sites for hydroxylation is 2. The standard InChI is InChI=1S/C23H33N7.HI/c1-6-24-23(27-17(2)13-22-18(3)28-29(5)19(22)4)25-15-20-9-7-10-21(14-20)16-30-12-8-11-26-30;/h7-12,14,17H,6,13,15-16H2,1-5H3,(H2,24,25,27);1H. The van der Waals surface area contributed by atoms with Crippen molar-refractivity contribution < 1.29 is 0 Å². The second-order valence-electron chi connectivity index (χ2n) is 7.74. The summed E-state index contributed by atoms with van der Waals surface area (Å²) in [6, 6.07) is 10.7. The lowest BCUT2D eigenvalue weighted by atomic mass is 10.1. The van der Waals surface area contributed by atoms with Crippen LogP contribution in [0.1, 0.15) is 41.9 Å². The first-order chi connectivity index (χ1) is 14.5. The molecular weight excluding hydrogens is 501 g/mol. The highest BCUT2D eigenvalue weighted by Crippen LogP contribution is 2.14. The van der Waals surface area contributed by atoms with Crippen molar-refractivity contribution >= 4 is 29.9 Å². The first kappa shape index (κ1) is 24.9. The topological polar surface area (TPSA) is 72.1 Å². The van der Waals surface area contributed by atoms with E-state index in [0.29, 0.717) is 6.54 Å². The van der Waals surface area contributed by atoms with Crippen molar-refractivity contribution in [1.29, 1.82) is 0 Å². The molecule has 2 heterocycles. The van der Waals surface area contributed by atoms with E-state index in [0.717, 1.165) is 31.2 Å². The summed E-state index contributed by atoms with van der Waals surface area (Å²) >= 11 is 0. The van der Waals surface area contributed by atoms with Crippen molar-refractivity contribution in [3.8, 4) is 0 Å². The van der Waals surface area contributed by atoms with E-state index in [2.05, 4.69) is 72.8 Å². The third kappa shape index (κ3) is 7.09. The zero-order valence-corrected chi connectivity index (χ0v) is 21.4. The number of halogens is 1. The lowest BCUT2D eigenvalue weighted by Crippen LogP contribution is -2.43. The van der Waals surface area contributed by atoms with Gasteiger partial charge in [0.05, 0.1) is 18.8 Å². The van der Waals surface area contributed by atoms with E-state index in [1.807, 2.05) is 28.7 Å². The Morgan fingerprint density at radius 1 is 1.19 bits per heavy atom. The summed E-state index contributed by atoms with van der Waals surface area (Å²) in [5, 5.41) is 15.7. The van der Waals surface area contributed by atoms with Gasteiger partial charge in [-0.3, -0.25) is 9.36 Å². The summed E-state index contributed by atoms with van der Waals surface area (Å²) in [5.41, 5.74) is 6.03. The molecule has 0 aliphatic rings. The Morgan fingerprint density at radius 3 is 2.61 bits per heavy atom. The van der Waals surface area contributed by atoms with Gasteiger partial charge in [-0.2, -0.15) is 10.2 Å². The van der Waals surface area contributed by atoms with Crippen LogP contribution in [0.4, 0.5) is 0 Å². The Labute approximate surface area is 202 Å². The molecule has 0 aliphatic carbocycles. The van der Waals surface area contributed by atoms with Crippen LogP contribution in [0.2, 0.25) is 0 Å². The monoisotopic (exact) mass is 535 g/mol. The van der Waals surface area contributed by atoms with Crippen molar-refractivity contribution in [3.63, 3.8) is 0 Å². The van der Waals surface area contributed by atoms with Crippen LogP contribution in [0.5, 0.6) is 0 Å². The molecule has 1 unspecified atom stereocenters. The Morgan fingerprint density at radius 2 is 1.97 bits per heavy atom. The van der Waals surface area contributed by atoms with Gasteiger partial charge in [-0.25, -0.2) is 4.99 Å². The van der Waals surface area contributed by atoms with Crippen LogP contribution < -0.4 is 10.6 Å². The molecule has 8 heteroatoms. The van der Waals surface area contributed by atoms with E-state index < -0.39 is 0 Å². The molecule has 0 bridgehead atoms. The second-order valence-corrected chi connectivity index (χ2v) is 7.74. The molecule has 3 rings (SSSR count). The van der Waals surface area contributed by atoms with E-state index in [1.54, 1.807) is 6.20 Å². The molecule has 0 spiro atoms. The summed E-state index contributed by atoms with van der Waals surface area (Å²) in [6.45, 7) is 10.7. The van der Waals surface area contributed by atoms with Crippen molar-refractivity contribution in [2.45, 2.75) is 53.2 Å². The summed E-state index contributed by atoms with van der Waals surface area (Å²) in [5.74, 6) is 0.835. The van der Waals surface area contributed by atoms with Crippen molar-refractivity contribution in [1.82, 2.24) is 30.2 Å². The quantitative estimate of drug-likeness (QED) is 0.263. The number of guanidine groups is 1. The highest BCUT2D eigenvalue weighted by molar-refractivity contribution is 14.0. The highest BCUT2D eigenvalue weighted by atomic mass is 127. The third-order valence-corrected chi connectivity index (χ3v) is 5.21. The van der Waals surface area contributed by atoms with Crippen molar-refractivity contribution in [3.05, 3.63) is 70.8 Å². The molecular formula is C23H34IN7. The number of hydrogen-bond acceptors (Lipinski definition) is 3. The van der Waals surface area contributed by atoms with Gasteiger partial charge < -0.3 is 10.6 Å². The predicted molar refractivity (Wildman–Crippen MR) is 137 cm³/mol. The van der Waals surface area contributed by atoms with Gasteiger partial charge >= 0.3 is 0 Å². The first-order valence-electron chi connectivity index (χ1n) is 10.6. The molecule has 0 fully saturated rings. The van der Waals surface area contributed by atoms with Gasteiger partial charge in [-0.05, 0) is 56.9 Å². The highest BCUT2D eigenvalue weighted by Gasteiger charge is 2.14. The summed E-state index contributed by atoms with van der Waals surface area (Å²) in [7, 11) is 2.00. The number of aromatic nitrogens is 4. The van der Waals surface area contributed by atoms with Crippen LogP contribution in [0.25, 0.3) is 0 Å². The van der Waals surface area contributed by atoms with Gasteiger partial charge in [-0.1, -0.05) is 24.3 Å². The maximum Gasteiger partial charge on any atom is 0.191 e. The average molecular weight is 535 g/mol. The third-order valence-electron chi connectivity index (χ3n) is 5.21. The minimum atomic E-state index is 0. The lowest BCUT2D eigenvalue weighted by Gasteiger charge is -2.18. The zero-order valence-electron chi connectivity index (χ0n) is 19.1. The molecule has 7 nitrogen and oxygen atoms in total. The van der Waals surface area contributed by atoms with E-state index >= 15 is 0 Å². The number of hydrogen-bond donors (Lipinski definition) is 2. The molecule has 0 amide bonds. The van der Waals surface area contributed by atoms with Crippen molar-refractivity contribution in [2.24, 2.45) is 12.0 Å². The smallest absolute Gasteiger partial charge is 0.191 e. The van der Waals surface area contributed by atoms with E-state index in [1.165, 1.54) is 22.4 Å². The maximum absolute atomic E-state index is 4.80. The van der Waals surface area contributed by atoms with E-state index in [-0.39, 0.29) is 30.0 Å². The van der Waals surface area contributed by atoms with Crippen LogP contribution in [-0.4, -0.2) is 38.1 Å². The average Bonchev–Trinajstić information content (AvgIpc) is 3.30. The van der Waals surface area contributed by atoms with Crippen LogP contribution in [0.15, 0.2) is 47.7 Å². The van der Waals surface area contributed by atoms with Gasteiger partial charge in [0.2, 0.25) is 0 Å². The number of benzene rings is 1. The molecule has 0 saturated heterocycles. The maximum atomic E-state index is 4.80. The van der Waals surface area contributed by atoms with Crippen LogP contribution in [0, 0.1) is 13.8 Å². The molecule has 0 radical (unpaired) electrons. The van der Waals surface area contributed by atoms with E-state index in [4.69, 9.17) is 4.99 Å². The lowest BCUT2D eigenvalue weighted by molar-refractivity contribution is 0.635. The zero-order chi connectivity index (χ0) is 21.5. The second kappa shape index (κ2) is 11.9. The molecule has 31 heavy (non-hydrogen) atoms. The molecule has 2 N–H and O–H groups in total. The largest absolute Gasteiger partial charge is 0.357 e. The minimum absolute atomic E-state index is 0. The minimum Gasteiger partial charge on any atom is -0.357 e. The van der Waals surface area contributed by atoms with Gasteiger partial charge in [0, 0.05) is 37.7 Å². The number of nitrogens with zero attached hydrogens (tertiary/aromatic N) is 5. The molecule has 2 aromatic heterocycles. The molecule has 168 valence electrons. The van der Waals surface area contributed by atoms with Gasteiger partial charge in [0.1, 0.15) is 0 Å².